The lowest BCUT2D eigenvalue weighted by Gasteiger charge is -2.18. The van der Waals surface area contributed by atoms with Crippen LogP contribution >= 0.6 is 0 Å². The second-order valence-corrected chi connectivity index (χ2v) is 4.72. The minimum Gasteiger partial charge on any atom is -0.457 e. The molecule has 0 bridgehead atoms. The van der Waals surface area contributed by atoms with Crippen molar-refractivity contribution in [2.45, 2.75) is 31.5 Å². The van der Waals surface area contributed by atoms with Gasteiger partial charge in [0.15, 0.2) is 0 Å². The van der Waals surface area contributed by atoms with Crippen LogP contribution in [-0.2, 0) is 15.7 Å². The van der Waals surface area contributed by atoms with Crippen molar-refractivity contribution in [3.63, 3.8) is 0 Å². The summed E-state index contributed by atoms with van der Waals surface area (Å²) < 4.78 is 68.2. The number of ether oxygens (including phenoxy) is 1. The maximum Gasteiger partial charge on any atom is 0.416 e. The van der Waals surface area contributed by atoms with Crippen LogP contribution in [0.3, 0.4) is 0 Å². The van der Waals surface area contributed by atoms with E-state index in [4.69, 9.17) is 4.74 Å². The first-order valence-electron chi connectivity index (χ1n) is 5.83. The van der Waals surface area contributed by atoms with Crippen molar-refractivity contribution in [3.05, 3.63) is 35.4 Å². The fraction of sp³-hybridized carbons (Fsp3) is 0.462. The topological polar surface area (TPSA) is 26.3 Å². The minimum atomic E-state index is -4.50. The molecule has 0 saturated heterocycles. The molecule has 0 N–H and O–H groups in total. The third-order valence-electron chi connectivity index (χ3n) is 3.10. The van der Waals surface area contributed by atoms with Crippen molar-refractivity contribution in [1.29, 1.82) is 0 Å². The molecule has 1 fully saturated rings. The number of carbonyl (C=O) groups excluding carboxylic acids is 1. The van der Waals surface area contributed by atoms with Crippen LogP contribution in [0, 0.1) is 5.92 Å². The molecule has 2 rings (SSSR count). The molecule has 0 aromatic heterocycles. The van der Waals surface area contributed by atoms with Crippen molar-refractivity contribution in [3.8, 4) is 0 Å². The molecular weight excluding hydrogens is 283 g/mol. The van der Waals surface area contributed by atoms with E-state index >= 15 is 0 Å². The first-order chi connectivity index (χ1) is 9.11. The van der Waals surface area contributed by atoms with E-state index in [0.717, 1.165) is 31.2 Å². The average molecular weight is 294 g/mol. The molecule has 1 aromatic rings. The van der Waals surface area contributed by atoms with Crippen molar-refractivity contribution in [2.24, 2.45) is 5.92 Å². The summed E-state index contributed by atoms with van der Waals surface area (Å²) in [6, 6.07) is 3.69. The van der Waals surface area contributed by atoms with Gasteiger partial charge in [0.2, 0.25) is 0 Å². The Morgan fingerprint density at radius 2 is 1.80 bits per heavy atom. The number of hydrogen-bond donors (Lipinski definition) is 0. The maximum atomic E-state index is 13.1. The maximum absolute atomic E-state index is 13.1. The Bertz CT molecular complexity index is 506. The van der Waals surface area contributed by atoms with E-state index in [0.29, 0.717) is 0 Å². The smallest absolute Gasteiger partial charge is 0.416 e. The SMILES string of the molecule is CC(=O)OC(c1ccc(C(F)(F)F)cc1)C1CC1(F)F. The summed E-state index contributed by atoms with van der Waals surface area (Å²) in [5.41, 5.74) is -0.749. The number of halogens is 5. The first kappa shape index (κ1) is 14.7. The number of alkyl halides is 5. The molecule has 0 aliphatic heterocycles. The average Bonchev–Trinajstić information content (AvgIpc) is 2.94. The highest BCUT2D eigenvalue weighted by Gasteiger charge is 2.62. The summed E-state index contributed by atoms with van der Waals surface area (Å²) in [5, 5.41) is 0. The molecule has 20 heavy (non-hydrogen) atoms. The zero-order valence-corrected chi connectivity index (χ0v) is 10.4. The summed E-state index contributed by atoms with van der Waals surface area (Å²) in [6.07, 6.45) is -6.16. The summed E-state index contributed by atoms with van der Waals surface area (Å²) in [5.74, 6) is -4.87. The standard InChI is InChI=1S/C13H11F5O2/c1-7(19)20-11(10-6-12(10,14)15)8-2-4-9(5-3-8)13(16,17)18/h2-5,10-11H,6H2,1H3. The highest BCUT2D eigenvalue weighted by molar-refractivity contribution is 5.66. The lowest BCUT2D eigenvalue weighted by Crippen LogP contribution is -2.14. The van der Waals surface area contributed by atoms with E-state index in [1.165, 1.54) is 0 Å². The molecule has 1 aliphatic carbocycles. The Labute approximate surface area is 111 Å². The number of benzene rings is 1. The molecule has 0 heterocycles. The highest BCUT2D eigenvalue weighted by atomic mass is 19.4. The van der Waals surface area contributed by atoms with Crippen molar-refractivity contribution < 1.29 is 31.5 Å². The molecule has 0 amide bonds. The molecule has 7 heteroatoms. The summed E-state index contributed by atoms with van der Waals surface area (Å²) in [7, 11) is 0. The third kappa shape index (κ3) is 3.08. The zero-order chi connectivity index (χ0) is 15.1. The molecule has 0 spiro atoms. The Morgan fingerprint density at radius 1 is 1.30 bits per heavy atom. The van der Waals surface area contributed by atoms with Crippen LogP contribution in [0.1, 0.15) is 30.6 Å². The molecular formula is C13H11F5O2. The van der Waals surface area contributed by atoms with Gasteiger partial charge in [0, 0.05) is 13.3 Å². The van der Waals surface area contributed by atoms with Crippen molar-refractivity contribution in [2.75, 3.05) is 0 Å². The summed E-state index contributed by atoms with van der Waals surface area (Å²) in [6.45, 7) is 1.07. The van der Waals surface area contributed by atoms with Crippen LogP contribution in [-0.4, -0.2) is 11.9 Å². The van der Waals surface area contributed by atoms with Gasteiger partial charge in [-0.15, -0.1) is 0 Å². The van der Waals surface area contributed by atoms with Crippen molar-refractivity contribution in [1.82, 2.24) is 0 Å². The van der Waals surface area contributed by atoms with Gasteiger partial charge in [-0.3, -0.25) is 4.79 Å². The van der Waals surface area contributed by atoms with Gasteiger partial charge in [-0.05, 0) is 17.7 Å². The second kappa shape index (κ2) is 4.71. The van der Waals surface area contributed by atoms with E-state index < -0.39 is 42.1 Å². The number of rotatable bonds is 3. The Kier molecular flexibility index (Phi) is 3.47. The lowest BCUT2D eigenvalue weighted by molar-refractivity contribution is -0.149. The molecule has 2 nitrogen and oxygen atoms in total. The van der Waals surface area contributed by atoms with Crippen LogP contribution in [0.25, 0.3) is 0 Å². The molecule has 1 saturated carbocycles. The summed E-state index contributed by atoms with van der Waals surface area (Å²) in [4.78, 5) is 10.9. The summed E-state index contributed by atoms with van der Waals surface area (Å²) >= 11 is 0. The third-order valence-corrected chi connectivity index (χ3v) is 3.10. The number of hydrogen-bond acceptors (Lipinski definition) is 2. The van der Waals surface area contributed by atoms with E-state index in [2.05, 4.69) is 0 Å². The van der Waals surface area contributed by atoms with E-state index in [9.17, 15) is 26.7 Å². The predicted molar refractivity (Wildman–Crippen MR) is 59.0 cm³/mol. The molecule has 1 aliphatic rings. The van der Waals surface area contributed by atoms with Crippen LogP contribution < -0.4 is 0 Å². The molecule has 0 radical (unpaired) electrons. The van der Waals surface area contributed by atoms with Gasteiger partial charge >= 0.3 is 12.1 Å². The first-order valence-corrected chi connectivity index (χ1v) is 5.83. The van der Waals surface area contributed by atoms with Gasteiger partial charge < -0.3 is 4.74 Å². The fourth-order valence-corrected chi connectivity index (χ4v) is 1.99. The van der Waals surface area contributed by atoms with E-state index in [-0.39, 0.29) is 5.56 Å². The van der Waals surface area contributed by atoms with Gasteiger partial charge in [-0.25, -0.2) is 8.78 Å². The van der Waals surface area contributed by atoms with Gasteiger partial charge in [0.25, 0.3) is 5.92 Å². The van der Waals surface area contributed by atoms with Crippen LogP contribution in [0.2, 0.25) is 0 Å². The van der Waals surface area contributed by atoms with Gasteiger partial charge in [-0.1, -0.05) is 12.1 Å². The normalized spacial score (nSPS) is 22.2. The van der Waals surface area contributed by atoms with Crippen LogP contribution in [0.15, 0.2) is 24.3 Å². The fourth-order valence-electron chi connectivity index (χ4n) is 1.99. The van der Waals surface area contributed by atoms with E-state index in [1.807, 2.05) is 0 Å². The quantitative estimate of drug-likeness (QED) is 0.623. The Hall–Kier alpha value is -1.66. The van der Waals surface area contributed by atoms with Crippen molar-refractivity contribution >= 4 is 5.97 Å². The molecule has 2 unspecified atom stereocenters. The van der Waals surface area contributed by atoms with Gasteiger partial charge in [0.05, 0.1) is 11.5 Å². The second-order valence-electron chi connectivity index (χ2n) is 4.72. The largest absolute Gasteiger partial charge is 0.457 e. The van der Waals surface area contributed by atoms with Crippen LogP contribution in [0.4, 0.5) is 22.0 Å². The monoisotopic (exact) mass is 294 g/mol. The number of carbonyl (C=O) groups is 1. The number of esters is 1. The minimum absolute atomic E-state index is 0.135. The Morgan fingerprint density at radius 3 is 2.15 bits per heavy atom. The Balaban J connectivity index is 2.24. The lowest BCUT2D eigenvalue weighted by atomic mass is 10.0. The van der Waals surface area contributed by atoms with E-state index in [1.54, 1.807) is 0 Å². The highest BCUT2D eigenvalue weighted by Crippen LogP contribution is 2.56. The van der Waals surface area contributed by atoms with Crippen LogP contribution in [0.5, 0.6) is 0 Å². The molecule has 2 atom stereocenters. The predicted octanol–water partition coefficient (Wildman–Crippen LogP) is 3.96. The molecule has 1 aromatic carbocycles. The zero-order valence-electron chi connectivity index (χ0n) is 10.4. The van der Waals surface area contributed by atoms with Gasteiger partial charge in [-0.2, -0.15) is 13.2 Å². The van der Waals surface area contributed by atoms with Gasteiger partial charge in [0.1, 0.15) is 6.10 Å². The molecule has 110 valence electrons.